The summed E-state index contributed by atoms with van der Waals surface area (Å²) in [6.45, 7) is 9.48. The summed E-state index contributed by atoms with van der Waals surface area (Å²) in [6, 6.07) is 7.51. The number of anilines is 1. The van der Waals surface area contributed by atoms with Crippen molar-refractivity contribution < 1.29 is 14.3 Å². The third-order valence-corrected chi connectivity index (χ3v) is 3.87. The lowest BCUT2D eigenvalue weighted by Crippen LogP contribution is -2.29. The Morgan fingerprint density at radius 2 is 2.22 bits per heavy atom. The molecule has 1 amide bonds. The first-order valence-electron chi connectivity index (χ1n) is 7.98. The highest BCUT2D eigenvalue weighted by atomic mass is 16.5. The van der Waals surface area contributed by atoms with Crippen molar-refractivity contribution in [2.45, 2.75) is 13.3 Å². The van der Waals surface area contributed by atoms with Crippen LogP contribution < -0.4 is 10.1 Å². The van der Waals surface area contributed by atoms with Crippen LogP contribution in [-0.2, 0) is 9.53 Å². The van der Waals surface area contributed by atoms with Crippen molar-refractivity contribution in [1.29, 1.82) is 0 Å². The van der Waals surface area contributed by atoms with Gasteiger partial charge in [0.1, 0.15) is 12.4 Å². The van der Waals surface area contributed by atoms with Crippen LogP contribution in [0.4, 0.5) is 5.69 Å². The highest BCUT2D eigenvalue weighted by molar-refractivity contribution is 5.94. The summed E-state index contributed by atoms with van der Waals surface area (Å²) in [5.41, 5.74) is 1.66. The number of para-hydroxylation sites is 2. The predicted molar refractivity (Wildman–Crippen MR) is 91.8 cm³/mol. The minimum absolute atomic E-state index is 0.0149. The number of methoxy groups -OCH3 is 1. The molecule has 1 fully saturated rings. The summed E-state index contributed by atoms with van der Waals surface area (Å²) in [7, 11) is 1.70. The van der Waals surface area contributed by atoms with Gasteiger partial charge in [-0.15, -0.1) is 0 Å². The van der Waals surface area contributed by atoms with E-state index in [1.807, 2.05) is 31.2 Å². The first-order valence-corrected chi connectivity index (χ1v) is 7.98. The Morgan fingerprint density at radius 1 is 1.43 bits per heavy atom. The first kappa shape index (κ1) is 17.5. The minimum Gasteiger partial charge on any atom is -0.487 e. The van der Waals surface area contributed by atoms with E-state index < -0.39 is 0 Å². The summed E-state index contributed by atoms with van der Waals surface area (Å²) >= 11 is 0. The predicted octanol–water partition coefficient (Wildman–Crippen LogP) is 2.55. The molecule has 1 heterocycles. The second-order valence-electron chi connectivity index (χ2n) is 6.01. The molecule has 0 bridgehead atoms. The van der Waals surface area contributed by atoms with Crippen molar-refractivity contribution in [2.24, 2.45) is 5.92 Å². The number of carbonyl (C=O) groups is 1. The van der Waals surface area contributed by atoms with E-state index in [0.717, 1.165) is 31.6 Å². The average molecular weight is 318 g/mol. The van der Waals surface area contributed by atoms with E-state index >= 15 is 0 Å². The van der Waals surface area contributed by atoms with Crippen LogP contribution in [0.1, 0.15) is 13.3 Å². The maximum Gasteiger partial charge on any atom is 0.228 e. The average Bonchev–Trinajstić information content (AvgIpc) is 3.01. The molecule has 1 aromatic carbocycles. The molecule has 23 heavy (non-hydrogen) atoms. The highest BCUT2D eigenvalue weighted by Gasteiger charge is 2.28. The molecule has 1 aliphatic rings. The molecule has 2 rings (SSSR count). The molecule has 0 radical (unpaired) electrons. The molecule has 0 spiro atoms. The van der Waals surface area contributed by atoms with E-state index in [1.54, 1.807) is 7.11 Å². The van der Waals surface area contributed by atoms with Gasteiger partial charge in [-0.1, -0.05) is 18.7 Å². The second kappa shape index (κ2) is 8.70. The molecule has 1 atom stereocenters. The van der Waals surface area contributed by atoms with Gasteiger partial charge < -0.3 is 19.7 Å². The Kier molecular flexibility index (Phi) is 6.62. The normalized spacial score (nSPS) is 17.9. The maximum atomic E-state index is 12.5. The van der Waals surface area contributed by atoms with Crippen molar-refractivity contribution >= 4 is 11.6 Å². The summed E-state index contributed by atoms with van der Waals surface area (Å²) < 4.78 is 10.8. The fraction of sp³-hybridized carbons (Fsp3) is 0.500. The van der Waals surface area contributed by atoms with Gasteiger partial charge in [-0.25, -0.2) is 0 Å². The third-order valence-electron chi connectivity index (χ3n) is 3.87. The zero-order chi connectivity index (χ0) is 16.7. The number of ether oxygens (including phenoxy) is 2. The number of likely N-dealkylation sites (tertiary alicyclic amines) is 1. The molecule has 0 saturated carbocycles. The summed E-state index contributed by atoms with van der Waals surface area (Å²) in [4.78, 5) is 14.7. The van der Waals surface area contributed by atoms with Gasteiger partial charge in [-0.05, 0) is 37.6 Å². The van der Waals surface area contributed by atoms with Gasteiger partial charge in [0.05, 0.1) is 18.2 Å². The van der Waals surface area contributed by atoms with Gasteiger partial charge >= 0.3 is 0 Å². The van der Waals surface area contributed by atoms with Crippen molar-refractivity contribution in [3.8, 4) is 5.75 Å². The van der Waals surface area contributed by atoms with E-state index in [0.29, 0.717) is 24.7 Å². The molecule has 1 aromatic rings. The van der Waals surface area contributed by atoms with Gasteiger partial charge in [0.2, 0.25) is 5.91 Å². The lowest BCUT2D eigenvalue weighted by molar-refractivity contribution is -0.119. The Balaban J connectivity index is 1.91. The fourth-order valence-corrected chi connectivity index (χ4v) is 2.60. The van der Waals surface area contributed by atoms with Crippen LogP contribution >= 0.6 is 0 Å². The zero-order valence-corrected chi connectivity index (χ0v) is 14.0. The lowest BCUT2D eigenvalue weighted by atomic mass is 10.1. The largest absolute Gasteiger partial charge is 0.487 e. The van der Waals surface area contributed by atoms with Crippen LogP contribution in [0.3, 0.4) is 0 Å². The number of nitrogens with zero attached hydrogens (tertiary/aromatic N) is 1. The molecular weight excluding hydrogens is 292 g/mol. The second-order valence-corrected chi connectivity index (χ2v) is 6.01. The molecular formula is C18H26N2O3. The van der Waals surface area contributed by atoms with E-state index in [1.165, 1.54) is 0 Å². The molecule has 1 saturated heterocycles. The Bertz CT molecular complexity index is 545. The number of rotatable bonds is 8. The van der Waals surface area contributed by atoms with Gasteiger partial charge in [-0.2, -0.15) is 0 Å². The monoisotopic (exact) mass is 318 g/mol. The van der Waals surface area contributed by atoms with E-state index in [4.69, 9.17) is 9.47 Å². The van der Waals surface area contributed by atoms with Gasteiger partial charge in [0.25, 0.3) is 0 Å². The van der Waals surface area contributed by atoms with Crippen LogP contribution in [0.5, 0.6) is 5.75 Å². The molecule has 0 aromatic heterocycles. The summed E-state index contributed by atoms with van der Waals surface area (Å²) in [5.74, 6) is 0.746. The molecule has 1 N–H and O–H groups in total. The number of hydrogen-bond donors (Lipinski definition) is 1. The van der Waals surface area contributed by atoms with E-state index in [9.17, 15) is 4.79 Å². The molecule has 1 aliphatic heterocycles. The fourth-order valence-electron chi connectivity index (χ4n) is 2.60. The van der Waals surface area contributed by atoms with Crippen LogP contribution in [-0.4, -0.2) is 50.8 Å². The molecule has 126 valence electrons. The summed E-state index contributed by atoms with van der Waals surface area (Å²) in [6.07, 6.45) is 0.879. The van der Waals surface area contributed by atoms with Crippen LogP contribution in [0.25, 0.3) is 0 Å². The maximum absolute atomic E-state index is 12.5. The van der Waals surface area contributed by atoms with Gasteiger partial charge in [0.15, 0.2) is 0 Å². The Labute approximate surface area is 138 Å². The SMILES string of the molecule is C=C(C)COc1ccccc1NC(=O)C1CCN(CCOC)C1. The number of carbonyl (C=O) groups excluding carboxylic acids is 1. The van der Waals surface area contributed by atoms with Crippen LogP contribution in [0.2, 0.25) is 0 Å². The van der Waals surface area contributed by atoms with Crippen molar-refractivity contribution in [3.05, 3.63) is 36.4 Å². The van der Waals surface area contributed by atoms with E-state index in [2.05, 4.69) is 16.8 Å². The quantitative estimate of drug-likeness (QED) is 0.749. The van der Waals surface area contributed by atoms with Crippen LogP contribution in [0, 0.1) is 5.92 Å². The number of amides is 1. The lowest BCUT2D eigenvalue weighted by Gasteiger charge is -2.16. The van der Waals surface area contributed by atoms with Crippen LogP contribution in [0.15, 0.2) is 36.4 Å². The highest BCUT2D eigenvalue weighted by Crippen LogP contribution is 2.26. The van der Waals surface area contributed by atoms with E-state index in [-0.39, 0.29) is 11.8 Å². The molecule has 0 aliphatic carbocycles. The Hall–Kier alpha value is -1.85. The topological polar surface area (TPSA) is 50.8 Å². The molecule has 5 nitrogen and oxygen atoms in total. The number of benzene rings is 1. The van der Waals surface area contributed by atoms with Gasteiger partial charge in [0, 0.05) is 20.2 Å². The molecule has 1 unspecified atom stereocenters. The van der Waals surface area contributed by atoms with Crippen molar-refractivity contribution in [2.75, 3.05) is 45.3 Å². The standard InChI is InChI=1S/C18H26N2O3/c1-14(2)13-23-17-7-5-4-6-16(17)19-18(21)15-8-9-20(12-15)10-11-22-3/h4-7,15H,1,8-13H2,2-3H3,(H,19,21). The number of nitrogens with one attached hydrogen (secondary N) is 1. The zero-order valence-electron chi connectivity index (χ0n) is 14.0. The van der Waals surface area contributed by atoms with Crippen molar-refractivity contribution in [1.82, 2.24) is 4.90 Å². The molecule has 5 heteroatoms. The smallest absolute Gasteiger partial charge is 0.228 e. The van der Waals surface area contributed by atoms with Gasteiger partial charge in [-0.3, -0.25) is 4.79 Å². The van der Waals surface area contributed by atoms with Crippen molar-refractivity contribution in [3.63, 3.8) is 0 Å². The first-order chi connectivity index (χ1) is 11.1. The third kappa shape index (κ3) is 5.37. The number of hydrogen-bond acceptors (Lipinski definition) is 4. The Morgan fingerprint density at radius 3 is 2.96 bits per heavy atom. The summed E-state index contributed by atoms with van der Waals surface area (Å²) in [5, 5.41) is 3.00. The minimum atomic E-state index is 0.0149.